The third-order valence-corrected chi connectivity index (χ3v) is 4.35. The van der Waals surface area contributed by atoms with Gasteiger partial charge in [0.05, 0.1) is 0 Å². The lowest BCUT2D eigenvalue weighted by molar-refractivity contribution is 0.0596. The fourth-order valence-corrected chi connectivity index (χ4v) is 2.45. The van der Waals surface area contributed by atoms with Crippen LogP contribution in [0.15, 0.2) is 60.7 Å². The molecule has 0 radical (unpaired) electrons. The van der Waals surface area contributed by atoms with Crippen LogP contribution in [0.1, 0.15) is 27.6 Å². The van der Waals surface area contributed by atoms with E-state index >= 15 is 0 Å². The Labute approximate surface area is 134 Å². The van der Waals surface area contributed by atoms with Crippen molar-refractivity contribution in [1.82, 2.24) is 4.90 Å². The highest BCUT2D eigenvalue weighted by Crippen LogP contribution is 2.16. The first kappa shape index (κ1) is 16.9. The number of hydrogen-bond donors (Lipinski definition) is 1. The van der Waals surface area contributed by atoms with Gasteiger partial charge in [0.15, 0.2) is 5.37 Å². The molecule has 7 heteroatoms. The van der Waals surface area contributed by atoms with Crippen LogP contribution in [0.4, 0.5) is 0 Å². The molecule has 23 heavy (non-hydrogen) atoms. The normalized spacial score (nSPS) is 12.4. The van der Waals surface area contributed by atoms with Crippen molar-refractivity contribution >= 4 is 21.9 Å². The second-order valence-corrected chi connectivity index (χ2v) is 6.54. The summed E-state index contributed by atoms with van der Waals surface area (Å²) < 4.78 is 32.2. The first-order valence-corrected chi connectivity index (χ1v) is 8.27. The fourth-order valence-electron chi connectivity index (χ4n) is 2.00. The van der Waals surface area contributed by atoms with E-state index < -0.39 is 27.3 Å². The van der Waals surface area contributed by atoms with E-state index in [9.17, 15) is 22.6 Å². The SMILES string of the molecule is CC(N(C(=O)c1ccccc1)C(=O)c1ccccc1)S(=O)(=O)O. The zero-order valence-electron chi connectivity index (χ0n) is 12.3. The molecule has 2 aromatic carbocycles. The molecule has 0 saturated carbocycles. The van der Waals surface area contributed by atoms with Gasteiger partial charge in [0, 0.05) is 11.1 Å². The van der Waals surface area contributed by atoms with Gasteiger partial charge in [0.2, 0.25) is 0 Å². The fraction of sp³-hybridized carbons (Fsp3) is 0.125. The van der Waals surface area contributed by atoms with Crippen LogP contribution in [-0.4, -0.2) is 35.1 Å². The number of rotatable bonds is 4. The van der Waals surface area contributed by atoms with Gasteiger partial charge in [-0.25, -0.2) is 0 Å². The molecule has 0 aliphatic rings. The van der Waals surface area contributed by atoms with Crippen LogP contribution in [0.5, 0.6) is 0 Å². The minimum absolute atomic E-state index is 0.146. The molecule has 0 aliphatic heterocycles. The number of nitrogens with zero attached hydrogens (tertiary/aromatic N) is 1. The molecule has 2 amide bonds. The summed E-state index contributed by atoms with van der Waals surface area (Å²) in [4.78, 5) is 25.7. The van der Waals surface area contributed by atoms with Gasteiger partial charge in [-0.3, -0.25) is 19.0 Å². The van der Waals surface area contributed by atoms with Gasteiger partial charge in [0.25, 0.3) is 21.9 Å². The summed E-state index contributed by atoms with van der Waals surface area (Å²) in [6.45, 7) is 1.08. The van der Waals surface area contributed by atoms with Gasteiger partial charge in [-0.15, -0.1) is 0 Å². The van der Waals surface area contributed by atoms with Crippen LogP contribution in [0.2, 0.25) is 0 Å². The predicted molar refractivity (Wildman–Crippen MR) is 84.4 cm³/mol. The number of benzene rings is 2. The maximum Gasteiger partial charge on any atom is 0.286 e. The van der Waals surface area contributed by atoms with Crippen molar-refractivity contribution in [2.24, 2.45) is 0 Å². The summed E-state index contributed by atoms with van der Waals surface area (Å²) in [6.07, 6.45) is 0. The molecule has 2 aromatic rings. The monoisotopic (exact) mass is 333 g/mol. The van der Waals surface area contributed by atoms with Crippen molar-refractivity contribution in [2.75, 3.05) is 0 Å². The van der Waals surface area contributed by atoms with E-state index in [-0.39, 0.29) is 11.1 Å². The number of carbonyl (C=O) groups excluding carboxylic acids is 2. The summed E-state index contributed by atoms with van der Waals surface area (Å²) in [5.74, 6) is -1.60. The van der Waals surface area contributed by atoms with Crippen molar-refractivity contribution in [3.8, 4) is 0 Å². The zero-order chi connectivity index (χ0) is 17.0. The number of hydrogen-bond acceptors (Lipinski definition) is 4. The molecule has 1 atom stereocenters. The van der Waals surface area contributed by atoms with E-state index in [2.05, 4.69) is 0 Å². The van der Waals surface area contributed by atoms with Crippen molar-refractivity contribution < 1.29 is 22.6 Å². The third-order valence-electron chi connectivity index (χ3n) is 3.27. The van der Waals surface area contributed by atoms with Crippen molar-refractivity contribution in [3.05, 3.63) is 71.8 Å². The molecule has 0 aromatic heterocycles. The van der Waals surface area contributed by atoms with E-state index in [1.165, 1.54) is 24.3 Å². The third kappa shape index (κ3) is 3.82. The molecule has 6 nitrogen and oxygen atoms in total. The smallest absolute Gasteiger partial charge is 0.284 e. The molecular weight excluding hydrogens is 318 g/mol. The minimum Gasteiger partial charge on any atom is -0.284 e. The van der Waals surface area contributed by atoms with Crippen LogP contribution in [0.3, 0.4) is 0 Å². The Morgan fingerprint density at radius 2 is 1.22 bits per heavy atom. The molecule has 0 saturated heterocycles. The molecule has 1 unspecified atom stereocenters. The van der Waals surface area contributed by atoms with Crippen molar-refractivity contribution in [1.29, 1.82) is 0 Å². The molecule has 0 bridgehead atoms. The van der Waals surface area contributed by atoms with Gasteiger partial charge in [0.1, 0.15) is 0 Å². The lowest BCUT2D eigenvalue weighted by Crippen LogP contribution is -2.47. The lowest BCUT2D eigenvalue weighted by atomic mass is 10.1. The number of amides is 2. The minimum atomic E-state index is -4.62. The number of carbonyl (C=O) groups is 2. The van der Waals surface area contributed by atoms with Gasteiger partial charge < -0.3 is 0 Å². The van der Waals surface area contributed by atoms with Gasteiger partial charge >= 0.3 is 0 Å². The van der Waals surface area contributed by atoms with Crippen LogP contribution in [0, 0.1) is 0 Å². The standard InChI is InChI=1S/C16H15NO5S/c1-12(23(20,21)22)17(15(18)13-8-4-2-5-9-13)16(19)14-10-6-3-7-11-14/h2-12H,1H3,(H,20,21,22). The Bertz CT molecular complexity index is 751. The predicted octanol–water partition coefficient (Wildman–Crippen LogP) is 2.20. The van der Waals surface area contributed by atoms with Gasteiger partial charge in [-0.2, -0.15) is 8.42 Å². The highest BCUT2D eigenvalue weighted by atomic mass is 32.2. The second-order valence-electron chi connectivity index (χ2n) is 4.83. The Morgan fingerprint density at radius 1 is 0.870 bits per heavy atom. The summed E-state index contributed by atoms with van der Waals surface area (Å²) >= 11 is 0. The van der Waals surface area contributed by atoms with E-state index in [4.69, 9.17) is 0 Å². The summed E-state index contributed by atoms with van der Waals surface area (Å²) in [6, 6.07) is 15.6. The Balaban J connectivity index is 2.49. The highest BCUT2D eigenvalue weighted by molar-refractivity contribution is 7.86. The van der Waals surface area contributed by atoms with E-state index in [0.29, 0.717) is 4.90 Å². The molecule has 1 N–H and O–H groups in total. The summed E-state index contributed by atoms with van der Waals surface area (Å²) in [5.41, 5.74) is 0.291. The highest BCUT2D eigenvalue weighted by Gasteiger charge is 2.35. The van der Waals surface area contributed by atoms with Crippen LogP contribution < -0.4 is 0 Å². The largest absolute Gasteiger partial charge is 0.286 e. The lowest BCUT2D eigenvalue weighted by Gasteiger charge is -2.25. The first-order valence-electron chi connectivity index (χ1n) is 6.76. The van der Waals surface area contributed by atoms with Gasteiger partial charge in [-0.05, 0) is 31.2 Å². The zero-order valence-corrected chi connectivity index (χ0v) is 13.1. The van der Waals surface area contributed by atoms with E-state index in [0.717, 1.165) is 6.92 Å². The quantitative estimate of drug-likeness (QED) is 0.684. The maximum absolute atomic E-state index is 12.6. The summed E-state index contributed by atoms with van der Waals surface area (Å²) in [7, 11) is -4.62. The number of imide groups is 1. The van der Waals surface area contributed by atoms with Crippen molar-refractivity contribution in [3.63, 3.8) is 0 Å². The maximum atomic E-state index is 12.6. The molecule has 0 fully saturated rings. The Kier molecular flexibility index (Phi) is 4.92. The van der Waals surface area contributed by atoms with Crippen LogP contribution >= 0.6 is 0 Å². The molecule has 2 rings (SSSR count). The topological polar surface area (TPSA) is 91.8 Å². The van der Waals surface area contributed by atoms with E-state index in [1.54, 1.807) is 36.4 Å². The van der Waals surface area contributed by atoms with Crippen molar-refractivity contribution in [2.45, 2.75) is 12.3 Å². The molecular formula is C16H15NO5S. The summed E-state index contributed by atoms with van der Waals surface area (Å²) in [5, 5.41) is -1.71. The second kappa shape index (κ2) is 6.72. The average molecular weight is 333 g/mol. The van der Waals surface area contributed by atoms with E-state index in [1.807, 2.05) is 0 Å². The molecule has 0 spiro atoms. The van der Waals surface area contributed by atoms with Gasteiger partial charge in [-0.1, -0.05) is 36.4 Å². The average Bonchev–Trinajstić information content (AvgIpc) is 2.55. The molecule has 120 valence electrons. The van der Waals surface area contributed by atoms with Crippen LogP contribution in [-0.2, 0) is 10.1 Å². The van der Waals surface area contributed by atoms with Crippen LogP contribution in [0.25, 0.3) is 0 Å². The molecule has 0 aliphatic carbocycles. The molecule has 0 heterocycles. The first-order chi connectivity index (χ1) is 10.8. The Morgan fingerprint density at radius 3 is 1.52 bits per heavy atom. The Hall–Kier alpha value is -2.51.